The van der Waals surface area contributed by atoms with Crippen molar-refractivity contribution in [1.82, 2.24) is 15.0 Å². The summed E-state index contributed by atoms with van der Waals surface area (Å²) in [4.78, 5) is 13.8. The summed E-state index contributed by atoms with van der Waals surface area (Å²) in [6.07, 6.45) is 1.61. The first-order valence-corrected chi connectivity index (χ1v) is 7.35. The van der Waals surface area contributed by atoms with E-state index in [0.717, 1.165) is 20.3 Å². The van der Waals surface area contributed by atoms with E-state index in [-0.39, 0.29) is 0 Å². The fourth-order valence-corrected chi connectivity index (χ4v) is 3.28. The summed E-state index contributed by atoms with van der Waals surface area (Å²) in [5.74, 6) is 5.77. The van der Waals surface area contributed by atoms with Gasteiger partial charge in [0.2, 0.25) is 5.95 Å². The van der Waals surface area contributed by atoms with E-state index in [0.29, 0.717) is 11.0 Å². The van der Waals surface area contributed by atoms with Gasteiger partial charge >= 0.3 is 0 Å². The number of nitrogens with one attached hydrogen (secondary N) is 1. The Labute approximate surface area is 122 Å². The zero-order chi connectivity index (χ0) is 13.2. The molecule has 0 aliphatic carbocycles. The van der Waals surface area contributed by atoms with Gasteiger partial charge < -0.3 is 0 Å². The molecular weight excluding hydrogens is 302 g/mol. The summed E-state index contributed by atoms with van der Waals surface area (Å²) in [6.45, 7) is 0. The van der Waals surface area contributed by atoms with Gasteiger partial charge in [0.15, 0.2) is 0 Å². The minimum absolute atomic E-state index is 0.395. The van der Waals surface area contributed by atoms with Crippen molar-refractivity contribution in [2.75, 3.05) is 5.43 Å². The van der Waals surface area contributed by atoms with Crippen LogP contribution in [0.15, 0.2) is 39.8 Å². The lowest BCUT2D eigenvalue weighted by molar-refractivity contribution is 1.06. The van der Waals surface area contributed by atoms with Gasteiger partial charge in [-0.05, 0) is 35.3 Å². The molecule has 0 amide bonds. The molecule has 0 spiro atoms. The van der Waals surface area contributed by atoms with Crippen LogP contribution in [0.1, 0.15) is 0 Å². The van der Waals surface area contributed by atoms with E-state index in [1.165, 1.54) is 11.8 Å². The lowest BCUT2D eigenvalue weighted by Gasteiger charge is -2.04. The summed E-state index contributed by atoms with van der Waals surface area (Å²) in [6, 6.07) is 5.63. The average molecular weight is 310 g/mol. The average Bonchev–Trinajstić information content (AvgIpc) is 2.89. The van der Waals surface area contributed by atoms with Gasteiger partial charge in [0.1, 0.15) is 14.9 Å². The number of rotatable bonds is 3. The molecule has 8 heteroatoms. The quantitative estimate of drug-likeness (QED) is 0.439. The zero-order valence-corrected chi connectivity index (χ0v) is 11.9. The maximum absolute atomic E-state index is 5.82. The molecule has 0 radical (unpaired) electrons. The second-order valence-electron chi connectivity index (χ2n) is 3.55. The molecule has 0 aliphatic heterocycles. The van der Waals surface area contributed by atoms with E-state index < -0.39 is 0 Å². The highest BCUT2D eigenvalue weighted by atomic mass is 35.5. The number of hydrogen-bond donors (Lipinski definition) is 2. The molecule has 0 aromatic carbocycles. The summed E-state index contributed by atoms with van der Waals surface area (Å²) in [5.41, 5.74) is 2.47. The van der Waals surface area contributed by atoms with Crippen LogP contribution in [0.5, 0.6) is 0 Å². The third-order valence-electron chi connectivity index (χ3n) is 2.32. The first-order chi connectivity index (χ1) is 9.26. The van der Waals surface area contributed by atoms with Crippen molar-refractivity contribution in [3.05, 3.63) is 34.8 Å². The van der Waals surface area contributed by atoms with Crippen molar-refractivity contribution in [3.63, 3.8) is 0 Å². The largest absolute Gasteiger partial charge is 0.292 e. The molecular formula is C11H8ClN5S2. The smallest absolute Gasteiger partial charge is 0.239 e. The topological polar surface area (TPSA) is 76.7 Å². The fraction of sp³-hybridized carbons (Fsp3) is 0. The van der Waals surface area contributed by atoms with E-state index in [9.17, 15) is 0 Å². The van der Waals surface area contributed by atoms with E-state index in [1.54, 1.807) is 23.6 Å². The molecule has 5 nitrogen and oxygen atoms in total. The van der Waals surface area contributed by atoms with E-state index in [1.807, 2.05) is 17.5 Å². The Morgan fingerprint density at radius 1 is 1.26 bits per heavy atom. The van der Waals surface area contributed by atoms with Crippen molar-refractivity contribution in [1.29, 1.82) is 0 Å². The highest BCUT2D eigenvalue weighted by Crippen LogP contribution is 2.33. The first kappa shape index (κ1) is 12.6. The Bertz CT molecular complexity index is 713. The van der Waals surface area contributed by atoms with E-state index >= 15 is 0 Å². The monoisotopic (exact) mass is 309 g/mol. The van der Waals surface area contributed by atoms with Crippen LogP contribution in [-0.2, 0) is 0 Å². The SMILES string of the molecule is NNc1nc(Sc2ccc(Cl)cn2)c2ccsc2n1. The number of nitrogens with two attached hydrogens (primary N) is 1. The second-order valence-corrected chi connectivity index (χ2v) is 5.89. The third kappa shape index (κ3) is 2.64. The van der Waals surface area contributed by atoms with Gasteiger partial charge in [-0.15, -0.1) is 11.3 Å². The maximum Gasteiger partial charge on any atom is 0.239 e. The molecule has 3 aromatic rings. The predicted molar refractivity (Wildman–Crippen MR) is 78.6 cm³/mol. The van der Waals surface area contributed by atoms with Gasteiger partial charge in [0.25, 0.3) is 0 Å². The van der Waals surface area contributed by atoms with Crippen molar-refractivity contribution >= 4 is 50.9 Å². The molecule has 0 bridgehead atoms. The summed E-state index contributed by atoms with van der Waals surface area (Å²) < 4.78 is 0. The van der Waals surface area contributed by atoms with Gasteiger partial charge in [0.05, 0.1) is 5.02 Å². The molecule has 0 aliphatic rings. The Balaban J connectivity index is 2.03. The normalized spacial score (nSPS) is 10.8. The maximum atomic E-state index is 5.82. The Hall–Kier alpha value is -1.41. The van der Waals surface area contributed by atoms with Gasteiger partial charge in [0, 0.05) is 11.6 Å². The lowest BCUT2D eigenvalue weighted by atomic mass is 10.4. The number of aromatic nitrogens is 3. The minimum Gasteiger partial charge on any atom is -0.292 e. The van der Waals surface area contributed by atoms with Gasteiger partial charge in [-0.25, -0.2) is 20.8 Å². The van der Waals surface area contributed by atoms with Crippen LogP contribution in [0.4, 0.5) is 5.95 Å². The van der Waals surface area contributed by atoms with Crippen molar-refractivity contribution in [2.45, 2.75) is 10.1 Å². The number of pyridine rings is 1. The van der Waals surface area contributed by atoms with Gasteiger partial charge in [-0.2, -0.15) is 0 Å². The molecule has 0 saturated carbocycles. The molecule has 0 unspecified atom stereocenters. The van der Waals surface area contributed by atoms with Gasteiger partial charge in [-0.1, -0.05) is 11.6 Å². The molecule has 3 heterocycles. The molecule has 3 rings (SSSR count). The number of thiophene rings is 1. The second kappa shape index (κ2) is 5.30. The summed E-state index contributed by atoms with van der Waals surface area (Å²) >= 11 is 8.81. The number of hydrazine groups is 1. The molecule has 19 heavy (non-hydrogen) atoms. The first-order valence-electron chi connectivity index (χ1n) is 5.27. The number of fused-ring (bicyclic) bond motifs is 1. The number of anilines is 1. The fourth-order valence-electron chi connectivity index (χ4n) is 1.49. The van der Waals surface area contributed by atoms with Crippen LogP contribution in [0.25, 0.3) is 10.2 Å². The Morgan fingerprint density at radius 2 is 2.16 bits per heavy atom. The van der Waals surface area contributed by atoms with Crippen LogP contribution in [-0.4, -0.2) is 15.0 Å². The van der Waals surface area contributed by atoms with Crippen LogP contribution < -0.4 is 11.3 Å². The zero-order valence-electron chi connectivity index (χ0n) is 9.50. The number of hydrogen-bond acceptors (Lipinski definition) is 7. The standard InChI is InChI=1S/C11H8ClN5S2/c12-6-1-2-8(14-5-6)19-10-7-3-4-18-9(7)15-11(16-10)17-13/h1-5H,13H2,(H,15,16,17). The molecule has 3 aromatic heterocycles. The summed E-state index contributed by atoms with van der Waals surface area (Å²) in [7, 11) is 0. The predicted octanol–water partition coefficient (Wildman–Crippen LogP) is 3.18. The van der Waals surface area contributed by atoms with Crippen LogP contribution >= 0.6 is 34.7 Å². The lowest BCUT2D eigenvalue weighted by Crippen LogP contribution is -2.10. The minimum atomic E-state index is 0.395. The summed E-state index contributed by atoms with van der Waals surface area (Å²) in [5, 5.41) is 5.20. The third-order valence-corrected chi connectivity index (χ3v) is 4.31. The highest BCUT2D eigenvalue weighted by molar-refractivity contribution is 7.99. The number of halogens is 1. The van der Waals surface area contributed by atoms with Crippen LogP contribution in [0, 0.1) is 0 Å². The number of nitrogen functional groups attached to an aromatic ring is 1. The van der Waals surface area contributed by atoms with Crippen LogP contribution in [0.3, 0.4) is 0 Å². The van der Waals surface area contributed by atoms with Crippen molar-refractivity contribution in [3.8, 4) is 0 Å². The molecule has 0 saturated heterocycles. The van der Waals surface area contributed by atoms with Gasteiger partial charge in [-0.3, -0.25) is 5.43 Å². The van der Waals surface area contributed by atoms with Crippen molar-refractivity contribution < 1.29 is 0 Å². The number of nitrogens with zero attached hydrogens (tertiary/aromatic N) is 3. The van der Waals surface area contributed by atoms with E-state index in [4.69, 9.17) is 17.4 Å². The van der Waals surface area contributed by atoms with Crippen LogP contribution in [0.2, 0.25) is 5.02 Å². The molecule has 96 valence electrons. The molecule has 0 atom stereocenters. The Morgan fingerprint density at radius 3 is 2.89 bits per heavy atom. The molecule has 3 N–H and O–H groups in total. The van der Waals surface area contributed by atoms with E-state index in [2.05, 4.69) is 20.4 Å². The highest BCUT2D eigenvalue weighted by Gasteiger charge is 2.10. The van der Waals surface area contributed by atoms with Crippen molar-refractivity contribution in [2.24, 2.45) is 5.84 Å². The molecule has 0 fully saturated rings. The Kier molecular flexibility index (Phi) is 3.52.